The van der Waals surface area contributed by atoms with Gasteiger partial charge in [-0.25, -0.2) is 9.67 Å². The van der Waals surface area contributed by atoms with Gasteiger partial charge >= 0.3 is 0 Å². The number of amides is 3. The monoisotopic (exact) mass is 549 g/mol. The van der Waals surface area contributed by atoms with Gasteiger partial charge in [-0.1, -0.05) is 49.3 Å². The van der Waals surface area contributed by atoms with Crippen LogP contribution in [0.5, 0.6) is 0 Å². The van der Waals surface area contributed by atoms with E-state index in [2.05, 4.69) is 34.4 Å². The topological polar surface area (TPSA) is 126 Å². The lowest BCUT2D eigenvalue weighted by Gasteiger charge is -2.29. The molecule has 2 aromatic heterocycles. The molecule has 1 aliphatic rings. The summed E-state index contributed by atoms with van der Waals surface area (Å²) in [6, 6.07) is 8.41. The molecule has 214 valence electrons. The molecule has 3 amide bonds. The first-order chi connectivity index (χ1) is 19.1. The zero-order valence-corrected chi connectivity index (χ0v) is 24.2. The number of carbonyl (C=O) groups excluding carboxylic acids is 3. The van der Waals surface area contributed by atoms with E-state index < -0.39 is 12.1 Å². The zero-order chi connectivity index (χ0) is 29.0. The van der Waals surface area contributed by atoms with Gasteiger partial charge in [0.1, 0.15) is 34.7 Å². The van der Waals surface area contributed by atoms with Crippen LogP contribution in [0.25, 0.3) is 11.3 Å². The quantitative estimate of drug-likeness (QED) is 0.527. The molecule has 3 aromatic rings. The first-order valence-electron chi connectivity index (χ1n) is 13.8. The first-order valence-corrected chi connectivity index (χ1v) is 13.8. The van der Waals surface area contributed by atoms with Crippen molar-refractivity contribution in [1.29, 1.82) is 0 Å². The van der Waals surface area contributed by atoms with Crippen LogP contribution in [-0.4, -0.2) is 73.6 Å². The van der Waals surface area contributed by atoms with E-state index in [9.17, 15) is 14.4 Å². The van der Waals surface area contributed by atoms with Gasteiger partial charge in [-0.15, -0.1) is 0 Å². The van der Waals surface area contributed by atoms with Crippen molar-refractivity contribution >= 4 is 17.7 Å². The number of rotatable bonds is 4. The first kappa shape index (κ1) is 29.0. The highest BCUT2D eigenvalue weighted by Gasteiger charge is 2.30. The van der Waals surface area contributed by atoms with Crippen LogP contribution in [0.4, 0.5) is 0 Å². The second kappa shape index (κ2) is 12.4. The largest absolute Gasteiger partial charge is 0.360 e. The molecule has 0 unspecified atom stereocenters. The van der Waals surface area contributed by atoms with Crippen LogP contribution in [0, 0.1) is 19.8 Å². The Morgan fingerprint density at radius 1 is 1.12 bits per heavy atom. The average molecular weight is 550 g/mol. The van der Waals surface area contributed by atoms with Gasteiger partial charge in [0.05, 0.1) is 12.6 Å². The fraction of sp³-hybridized carbons (Fsp3) is 0.517. The molecule has 0 spiro atoms. The molecule has 11 heteroatoms. The number of benzene rings is 1. The standard InChI is InChI=1S/C29H39N7O4/c1-18(2)17-23-27-30-21(5)32-36(27)16-15-35(14-10-13-24(37)34(6)19(3)28(38)31-23)29(39)25-20(4)40-33-26(25)22-11-8-7-9-12-22/h7-9,11-12,18-19,23H,10,13-17H2,1-6H3,(H,31,38)/t19-,23+/m0/s1. The molecule has 0 radical (unpaired) electrons. The number of hydrogen-bond donors (Lipinski definition) is 1. The third kappa shape index (κ3) is 6.40. The van der Waals surface area contributed by atoms with Crippen LogP contribution in [0.2, 0.25) is 0 Å². The van der Waals surface area contributed by atoms with Crippen LogP contribution in [0.1, 0.15) is 73.8 Å². The van der Waals surface area contributed by atoms with Crippen molar-refractivity contribution < 1.29 is 18.9 Å². The minimum absolute atomic E-state index is 0.155. The molecular weight excluding hydrogens is 510 g/mol. The molecule has 0 saturated carbocycles. The Morgan fingerprint density at radius 3 is 2.55 bits per heavy atom. The van der Waals surface area contributed by atoms with E-state index in [1.54, 1.807) is 30.5 Å². The summed E-state index contributed by atoms with van der Waals surface area (Å²) in [5.74, 6) is 1.32. The highest BCUT2D eigenvalue weighted by atomic mass is 16.5. The number of likely N-dealkylation sites (N-methyl/N-ethyl adjacent to an activating group) is 1. The van der Waals surface area contributed by atoms with E-state index in [0.29, 0.717) is 61.1 Å². The zero-order valence-electron chi connectivity index (χ0n) is 24.2. The molecule has 40 heavy (non-hydrogen) atoms. The molecule has 11 nitrogen and oxygen atoms in total. The lowest BCUT2D eigenvalue weighted by Crippen LogP contribution is -2.47. The predicted octanol–water partition coefficient (Wildman–Crippen LogP) is 3.54. The van der Waals surface area contributed by atoms with Gasteiger partial charge in [-0.2, -0.15) is 5.10 Å². The maximum absolute atomic E-state index is 14.0. The normalized spacial score (nSPS) is 19.4. The summed E-state index contributed by atoms with van der Waals surface area (Å²) in [5, 5.41) is 11.9. The van der Waals surface area contributed by atoms with Crippen LogP contribution < -0.4 is 5.32 Å². The van der Waals surface area contributed by atoms with E-state index in [1.165, 1.54) is 4.90 Å². The Labute approximate surface area is 234 Å². The van der Waals surface area contributed by atoms with Crippen LogP contribution in [0.3, 0.4) is 0 Å². The van der Waals surface area contributed by atoms with Crippen molar-refractivity contribution in [3.8, 4) is 11.3 Å². The maximum atomic E-state index is 14.0. The number of hydrogen-bond acceptors (Lipinski definition) is 7. The second-order valence-corrected chi connectivity index (χ2v) is 10.8. The van der Waals surface area contributed by atoms with Gasteiger partial charge < -0.3 is 19.6 Å². The summed E-state index contributed by atoms with van der Waals surface area (Å²) in [4.78, 5) is 48.0. The molecular formula is C29H39N7O4. The predicted molar refractivity (Wildman–Crippen MR) is 149 cm³/mol. The van der Waals surface area contributed by atoms with Gasteiger partial charge in [-0.3, -0.25) is 14.4 Å². The molecule has 2 atom stereocenters. The Morgan fingerprint density at radius 2 is 1.85 bits per heavy atom. The van der Waals surface area contributed by atoms with Gasteiger partial charge in [0.25, 0.3) is 5.91 Å². The summed E-state index contributed by atoms with van der Waals surface area (Å²) in [7, 11) is 1.64. The van der Waals surface area contributed by atoms with E-state index >= 15 is 0 Å². The van der Waals surface area contributed by atoms with Gasteiger partial charge in [0.15, 0.2) is 0 Å². The fourth-order valence-electron chi connectivity index (χ4n) is 4.98. The number of aromatic nitrogens is 4. The second-order valence-electron chi connectivity index (χ2n) is 10.8. The van der Waals surface area contributed by atoms with Crippen molar-refractivity contribution in [3.63, 3.8) is 0 Å². The summed E-state index contributed by atoms with van der Waals surface area (Å²) in [5.41, 5.74) is 1.69. The Bertz CT molecular complexity index is 1350. The summed E-state index contributed by atoms with van der Waals surface area (Å²) < 4.78 is 7.25. The summed E-state index contributed by atoms with van der Waals surface area (Å²) in [6.07, 6.45) is 1.29. The average Bonchev–Trinajstić information content (AvgIpc) is 3.50. The van der Waals surface area contributed by atoms with E-state index in [-0.39, 0.29) is 30.1 Å². The Hall–Kier alpha value is -4.02. The molecule has 0 bridgehead atoms. The molecule has 0 saturated heterocycles. The summed E-state index contributed by atoms with van der Waals surface area (Å²) >= 11 is 0. The number of fused-ring (bicyclic) bond motifs is 1. The van der Waals surface area contributed by atoms with Crippen molar-refractivity contribution in [3.05, 3.63) is 53.3 Å². The molecule has 1 aromatic carbocycles. The number of carbonyl (C=O) groups is 3. The fourth-order valence-corrected chi connectivity index (χ4v) is 4.98. The minimum atomic E-state index is -0.659. The van der Waals surface area contributed by atoms with Crippen molar-refractivity contribution in [1.82, 2.24) is 35.0 Å². The van der Waals surface area contributed by atoms with E-state index in [1.807, 2.05) is 37.3 Å². The lowest BCUT2D eigenvalue weighted by atomic mass is 10.0. The van der Waals surface area contributed by atoms with Crippen molar-refractivity contribution in [2.24, 2.45) is 5.92 Å². The molecule has 1 N–H and O–H groups in total. The van der Waals surface area contributed by atoms with Gasteiger partial charge in [0, 0.05) is 32.1 Å². The Balaban J connectivity index is 1.70. The molecule has 0 aliphatic carbocycles. The number of aryl methyl sites for hydroxylation is 2. The number of nitrogens with zero attached hydrogens (tertiary/aromatic N) is 6. The molecule has 4 rings (SSSR count). The van der Waals surface area contributed by atoms with Crippen LogP contribution in [0.15, 0.2) is 34.9 Å². The lowest BCUT2D eigenvalue weighted by molar-refractivity contribution is -0.138. The minimum Gasteiger partial charge on any atom is -0.360 e. The maximum Gasteiger partial charge on any atom is 0.259 e. The molecule has 1 aliphatic heterocycles. The van der Waals surface area contributed by atoms with Crippen molar-refractivity contribution in [2.75, 3.05) is 20.1 Å². The van der Waals surface area contributed by atoms with Crippen LogP contribution in [-0.2, 0) is 16.1 Å². The Kier molecular flexibility index (Phi) is 9.01. The van der Waals surface area contributed by atoms with E-state index in [0.717, 1.165) is 5.56 Å². The smallest absolute Gasteiger partial charge is 0.259 e. The van der Waals surface area contributed by atoms with Crippen molar-refractivity contribution in [2.45, 2.75) is 72.5 Å². The van der Waals surface area contributed by atoms with Gasteiger partial charge in [-0.05, 0) is 39.5 Å². The SMILES string of the molecule is Cc1nc2n(n1)CCN(C(=O)c1c(-c3ccccc3)noc1C)CCCC(=O)N(C)[C@@H](C)C(=O)N[C@@H]2CC(C)C. The highest BCUT2D eigenvalue weighted by Crippen LogP contribution is 2.27. The highest BCUT2D eigenvalue weighted by molar-refractivity contribution is 6.00. The molecule has 3 heterocycles. The van der Waals surface area contributed by atoms with Gasteiger partial charge in [0.2, 0.25) is 11.8 Å². The summed E-state index contributed by atoms with van der Waals surface area (Å²) in [6.45, 7) is 10.5. The molecule has 0 fully saturated rings. The third-order valence-electron chi connectivity index (χ3n) is 7.31. The van der Waals surface area contributed by atoms with Crippen LogP contribution >= 0.6 is 0 Å². The van der Waals surface area contributed by atoms with E-state index in [4.69, 9.17) is 4.52 Å². The number of nitrogens with one attached hydrogen (secondary N) is 1. The third-order valence-corrected chi connectivity index (χ3v) is 7.31.